The van der Waals surface area contributed by atoms with Crippen LogP contribution in [0.4, 0.5) is 0 Å². The summed E-state index contributed by atoms with van der Waals surface area (Å²) in [5.41, 5.74) is 3.78. The second kappa shape index (κ2) is 15.4. The van der Waals surface area contributed by atoms with Gasteiger partial charge in [-0.2, -0.15) is 0 Å². The predicted molar refractivity (Wildman–Crippen MR) is 184 cm³/mol. The largest absolute Gasteiger partial charge is 0.453 e. The topological polar surface area (TPSA) is 102 Å². The van der Waals surface area contributed by atoms with Crippen molar-refractivity contribution in [2.45, 2.75) is 48.9 Å². The Morgan fingerprint density at radius 3 is 1.69 bits per heavy atom. The number of β-lactam (4-membered cyclic amide) rings is 1. The molecule has 48 heavy (non-hydrogen) atoms. The van der Waals surface area contributed by atoms with Crippen molar-refractivity contribution < 1.29 is 28.1 Å². The van der Waals surface area contributed by atoms with E-state index >= 15 is 0 Å². The zero-order valence-corrected chi connectivity index (χ0v) is 27.3. The lowest BCUT2D eigenvalue weighted by Gasteiger charge is -2.52. The van der Waals surface area contributed by atoms with E-state index in [1.54, 1.807) is 0 Å². The first kappa shape index (κ1) is 33.1. The zero-order valence-electron chi connectivity index (χ0n) is 26.5. The summed E-state index contributed by atoms with van der Waals surface area (Å²) in [7, 11) is -1.43. The van der Waals surface area contributed by atoms with E-state index in [2.05, 4.69) is 11.9 Å². The number of esters is 2. The molecule has 0 aliphatic carbocycles. The van der Waals surface area contributed by atoms with E-state index in [0.717, 1.165) is 22.3 Å². The molecule has 2 saturated heterocycles. The fourth-order valence-corrected chi connectivity index (χ4v) is 7.93. The molecule has 8 nitrogen and oxygen atoms in total. The fourth-order valence-electron chi connectivity index (χ4n) is 6.24. The summed E-state index contributed by atoms with van der Waals surface area (Å²) < 4.78 is 25.1. The second-order valence-corrected chi connectivity index (χ2v) is 13.5. The molecule has 2 fully saturated rings. The summed E-state index contributed by atoms with van der Waals surface area (Å²) in [6, 6.07) is 36.4. The summed E-state index contributed by atoms with van der Waals surface area (Å²) in [4.78, 5) is 41.3. The Labute approximate surface area is 283 Å². The third-order valence-corrected chi connectivity index (χ3v) is 10.3. The van der Waals surface area contributed by atoms with E-state index in [-0.39, 0.29) is 24.1 Å². The van der Waals surface area contributed by atoms with Crippen molar-refractivity contribution in [3.63, 3.8) is 0 Å². The first-order valence-electron chi connectivity index (χ1n) is 16.1. The number of amides is 1. The van der Waals surface area contributed by atoms with Crippen LogP contribution < -0.4 is 5.32 Å². The van der Waals surface area contributed by atoms with Crippen LogP contribution in [0.1, 0.15) is 53.7 Å². The van der Waals surface area contributed by atoms with Crippen LogP contribution in [0.25, 0.3) is 0 Å². The zero-order chi connectivity index (χ0) is 33.5. The van der Waals surface area contributed by atoms with Crippen LogP contribution in [0.5, 0.6) is 0 Å². The quantitative estimate of drug-likeness (QED) is 0.0857. The monoisotopic (exact) mass is 662 g/mol. The number of nitrogens with zero attached hydrogens (tertiary/aromatic N) is 1. The summed E-state index contributed by atoms with van der Waals surface area (Å²) in [5, 5.41) is 2.54. The summed E-state index contributed by atoms with van der Waals surface area (Å²) in [6.07, 6.45) is 0.199. The molecular formula is C39H38N2O6S. The van der Waals surface area contributed by atoms with Gasteiger partial charge in [-0.25, -0.2) is 4.79 Å². The number of hydrogen-bond acceptors (Lipinski definition) is 7. The van der Waals surface area contributed by atoms with Gasteiger partial charge < -0.3 is 19.7 Å². The molecule has 0 spiro atoms. The van der Waals surface area contributed by atoms with Gasteiger partial charge in [0.1, 0.15) is 11.4 Å². The highest BCUT2D eigenvalue weighted by molar-refractivity contribution is 7.86. The van der Waals surface area contributed by atoms with E-state index in [1.165, 1.54) is 4.90 Å². The lowest BCUT2D eigenvalue weighted by atomic mass is 9.97. The van der Waals surface area contributed by atoms with Crippen LogP contribution in [0.15, 0.2) is 133 Å². The second-order valence-electron chi connectivity index (χ2n) is 11.9. The van der Waals surface area contributed by atoms with Gasteiger partial charge in [0, 0.05) is 12.2 Å². The maximum absolute atomic E-state index is 13.7. The molecule has 4 atom stereocenters. The fraction of sp³-hybridized carbons (Fsp3) is 0.256. The Bertz CT molecular complexity index is 1670. The van der Waals surface area contributed by atoms with Gasteiger partial charge in [0.05, 0.1) is 10.8 Å². The minimum Gasteiger partial charge on any atom is -0.453 e. The van der Waals surface area contributed by atoms with Gasteiger partial charge in [-0.15, -0.1) is 0 Å². The molecular weight excluding hydrogens is 625 g/mol. The molecule has 2 aliphatic rings. The Morgan fingerprint density at radius 1 is 0.750 bits per heavy atom. The molecule has 6 rings (SSSR count). The standard InChI is InChI=1S/C39H38N2O6S/c1-27-26-48(45)38-33(40-25-15-14-24-32(42)46-35(28-16-6-2-7-17-28)29-18-8-3-9-19-29)37(43)41(38)34(27)39(44)47-36(30-20-10-4-11-21-30)31-22-12-5-13-23-31/h2-13,16-23,33-36,38,40H,1,14-15,24-26H2/t33-,34?,38+,48?/m1/s1. The van der Waals surface area contributed by atoms with Gasteiger partial charge in [0.15, 0.2) is 18.2 Å². The number of carbonyl (C=O) groups excluding carboxylic acids is 3. The third kappa shape index (κ3) is 7.32. The lowest BCUT2D eigenvalue weighted by molar-refractivity contribution is -0.165. The average molecular weight is 663 g/mol. The minimum atomic E-state index is -1.43. The molecule has 2 heterocycles. The van der Waals surface area contributed by atoms with Crippen molar-refractivity contribution in [3.05, 3.63) is 156 Å². The SMILES string of the molecule is C=C1CS(=O)[C@H]2[C@H](NCCCCC(=O)OC(c3ccccc3)c3ccccc3)C(=O)N2C1C(=O)OC(c1ccccc1)c1ccccc1. The Hall–Kier alpha value is -4.86. The van der Waals surface area contributed by atoms with Crippen LogP contribution in [-0.4, -0.2) is 56.7 Å². The first-order chi connectivity index (χ1) is 23.4. The Morgan fingerprint density at radius 2 is 1.21 bits per heavy atom. The van der Waals surface area contributed by atoms with Gasteiger partial charge in [-0.3, -0.25) is 13.8 Å². The van der Waals surface area contributed by atoms with Crippen LogP contribution in [0, 0.1) is 0 Å². The highest BCUT2D eigenvalue weighted by atomic mass is 32.2. The summed E-state index contributed by atoms with van der Waals surface area (Å²) >= 11 is 0. The van der Waals surface area contributed by atoms with Crippen molar-refractivity contribution in [3.8, 4) is 0 Å². The summed E-state index contributed by atoms with van der Waals surface area (Å²) in [6.45, 7) is 4.44. The van der Waals surface area contributed by atoms with E-state index < -0.39 is 46.4 Å². The first-order valence-corrected chi connectivity index (χ1v) is 17.5. The average Bonchev–Trinajstić information content (AvgIpc) is 3.12. The highest BCUT2D eigenvalue weighted by Gasteiger charge is 2.58. The number of unbranched alkanes of at least 4 members (excludes halogenated alkanes) is 1. The predicted octanol–water partition coefficient (Wildman–Crippen LogP) is 5.64. The van der Waals surface area contributed by atoms with Gasteiger partial charge in [0.25, 0.3) is 0 Å². The summed E-state index contributed by atoms with van der Waals surface area (Å²) in [5.74, 6) is -1.13. The van der Waals surface area contributed by atoms with Crippen molar-refractivity contribution >= 4 is 28.6 Å². The normalized spacial score (nSPS) is 20.2. The van der Waals surface area contributed by atoms with Crippen LogP contribution in [0.2, 0.25) is 0 Å². The molecule has 2 unspecified atom stereocenters. The smallest absolute Gasteiger partial charge is 0.334 e. The molecule has 0 saturated carbocycles. The molecule has 9 heteroatoms. The molecule has 1 amide bonds. The number of nitrogens with one attached hydrogen (secondary N) is 1. The molecule has 4 aromatic rings. The van der Waals surface area contributed by atoms with Gasteiger partial charge in [-0.05, 0) is 47.2 Å². The molecule has 246 valence electrons. The number of rotatable bonds is 13. The van der Waals surface area contributed by atoms with Crippen LogP contribution in [0.3, 0.4) is 0 Å². The maximum Gasteiger partial charge on any atom is 0.334 e. The van der Waals surface area contributed by atoms with Crippen molar-refractivity contribution in [1.82, 2.24) is 10.2 Å². The van der Waals surface area contributed by atoms with Crippen molar-refractivity contribution in [1.29, 1.82) is 0 Å². The molecule has 2 aliphatic heterocycles. The number of benzene rings is 4. The van der Waals surface area contributed by atoms with E-state index in [4.69, 9.17) is 9.47 Å². The van der Waals surface area contributed by atoms with Crippen LogP contribution >= 0.6 is 0 Å². The molecule has 4 aromatic carbocycles. The minimum absolute atomic E-state index is 0.101. The van der Waals surface area contributed by atoms with E-state index in [1.807, 2.05) is 121 Å². The lowest BCUT2D eigenvalue weighted by Crippen LogP contribution is -2.77. The van der Waals surface area contributed by atoms with Crippen molar-refractivity contribution in [2.24, 2.45) is 0 Å². The number of ether oxygens (including phenoxy) is 2. The van der Waals surface area contributed by atoms with Crippen LogP contribution in [-0.2, 0) is 34.7 Å². The highest BCUT2D eigenvalue weighted by Crippen LogP contribution is 2.36. The molecule has 0 aromatic heterocycles. The number of fused-ring (bicyclic) bond motifs is 1. The molecule has 1 N–H and O–H groups in total. The maximum atomic E-state index is 13.7. The van der Waals surface area contributed by atoms with E-state index in [9.17, 15) is 18.6 Å². The Balaban J connectivity index is 1.03. The number of hydrogen-bond donors (Lipinski definition) is 1. The van der Waals surface area contributed by atoms with Crippen molar-refractivity contribution in [2.75, 3.05) is 12.3 Å². The number of carbonyl (C=O) groups is 3. The Kier molecular flexibility index (Phi) is 10.6. The van der Waals surface area contributed by atoms with Gasteiger partial charge in [0.2, 0.25) is 5.91 Å². The molecule has 0 bridgehead atoms. The van der Waals surface area contributed by atoms with Gasteiger partial charge in [-0.1, -0.05) is 128 Å². The molecule has 0 radical (unpaired) electrons. The van der Waals surface area contributed by atoms with E-state index in [0.29, 0.717) is 25.0 Å². The third-order valence-electron chi connectivity index (χ3n) is 8.63. The van der Waals surface area contributed by atoms with Gasteiger partial charge >= 0.3 is 11.9 Å².